The third kappa shape index (κ3) is 4.06. The van der Waals surface area contributed by atoms with Gasteiger partial charge in [-0.1, -0.05) is 6.58 Å². The number of halogens is 6. The summed E-state index contributed by atoms with van der Waals surface area (Å²) < 4.78 is 127. The number of carbonyl (C=O) groups excluding carboxylic acids is 3. The zero-order chi connectivity index (χ0) is 25.3. The molecule has 3 fully saturated rings. The first-order chi connectivity index (χ1) is 14.8. The van der Waals surface area contributed by atoms with Gasteiger partial charge in [-0.2, -0.15) is 26.3 Å². The normalized spacial score (nSPS) is 31.3. The summed E-state index contributed by atoms with van der Waals surface area (Å²) in [4.78, 5) is 36.7. The summed E-state index contributed by atoms with van der Waals surface area (Å²) in [6.07, 6.45) is -15.7. The molecule has 3 aliphatic rings. The lowest BCUT2D eigenvalue weighted by molar-refractivity contribution is -0.362. The van der Waals surface area contributed by atoms with Gasteiger partial charge in [0.1, 0.15) is 12.2 Å². The number of hydrogen-bond donors (Lipinski definition) is 0. The molecule has 0 aromatic carbocycles. The van der Waals surface area contributed by atoms with Gasteiger partial charge >= 0.3 is 35.9 Å². The lowest BCUT2D eigenvalue weighted by atomic mass is 9.78. The van der Waals surface area contributed by atoms with Crippen LogP contribution in [0, 0.1) is 23.7 Å². The van der Waals surface area contributed by atoms with Crippen LogP contribution in [0.4, 0.5) is 26.3 Å². The first-order valence-corrected chi connectivity index (χ1v) is 10.8. The van der Waals surface area contributed by atoms with Crippen LogP contribution in [-0.4, -0.2) is 66.8 Å². The highest BCUT2D eigenvalue weighted by Gasteiger charge is 2.77. The summed E-state index contributed by atoms with van der Waals surface area (Å²) in [5.41, 5.74) is -5.79. The van der Waals surface area contributed by atoms with Crippen molar-refractivity contribution >= 4 is 28.0 Å². The van der Waals surface area contributed by atoms with Crippen molar-refractivity contribution in [2.75, 3.05) is 5.75 Å². The molecule has 1 saturated heterocycles. The highest BCUT2D eigenvalue weighted by atomic mass is 32.2. The highest BCUT2D eigenvalue weighted by Crippen LogP contribution is 2.60. The predicted octanol–water partition coefficient (Wildman–Crippen LogP) is 1.23. The molecule has 0 spiro atoms. The van der Waals surface area contributed by atoms with Gasteiger partial charge in [0.05, 0.1) is 27.7 Å². The molecule has 33 heavy (non-hydrogen) atoms. The Bertz CT molecular complexity index is 987. The summed E-state index contributed by atoms with van der Waals surface area (Å²) in [6.45, 7) is 4.56. The number of carbonyl (C=O) groups is 3. The largest absolute Gasteiger partial charge is 0.748 e. The van der Waals surface area contributed by atoms with Gasteiger partial charge in [-0.05, 0) is 13.3 Å². The van der Waals surface area contributed by atoms with Gasteiger partial charge in [0.15, 0.2) is 0 Å². The second-order valence-corrected chi connectivity index (χ2v) is 9.52. The molecule has 0 N–H and O–H groups in total. The third-order valence-electron chi connectivity index (χ3n) is 5.98. The van der Waals surface area contributed by atoms with Gasteiger partial charge in [0.2, 0.25) is 0 Å². The SMILES string of the molecule is C=C(C)C(=O)OC1C2CC3C1OC(=O)C3C2C(=O)OC(CS(=O)(=O)[O-])(C(F)(F)F)C(F)(F)F. The average molecular weight is 509 g/mol. The van der Waals surface area contributed by atoms with E-state index in [1.54, 1.807) is 0 Å². The molecule has 3 rings (SSSR count). The molecule has 6 unspecified atom stereocenters. The zero-order valence-corrected chi connectivity index (χ0v) is 17.3. The van der Waals surface area contributed by atoms with Crippen LogP contribution >= 0.6 is 0 Å². The number of rotatable bonds is 6. The Morgan fingerprint density at radius 2 is 1.70 bits per heavy atom. The third-order valence-corrected chi connectivity index (χ3v) is 6.74. The number of alkyl halides is 6. The van der Waals surface area contributed by atoms with Crippen LogP contribution in [0.1, 0.15) is 13.3 Å². The fraction of sp³-hybridized carbons (Fsp3) is 0.706. The maximum absolute atomic E-state index is 13.5. The number of esters is 3. The lowest BCUT2D eigenvalue weighted by Gasteiger charge is -2.39. The van der Waals surface area contributed by atoms with E-state index in [9.17, 15) is 53.7 Å². The molecule has 6 atom stereocenters. The molecule has 0 radical (unpaired) electrons. The Morgan fingerprint density at radius 1 is 1.15 bits per heavy atom. The van der Waals surface area contributed by atoms with E-state index in [4.69, 9.17) is 9.47 Å². The van der Waals surface area contributed by atoms with Crippen molar-refractivity contribution in [2.24, 2.45) is 23.7 Å². The predicted molar refractivity (Wildman–Crippen MR) is 88.6 cm³/mol. The van der Waals surface area contributed by atoms with Crippen molar-refractivity contribution in [1.82, 2.24) is 0 Å². The van der Waals surface area contributed by atoms with Gasteiger partial charge in [-0.25, -0.2) is 13.2 Å². The zero-order valence-electron chi connectivity index (χ0n) is 16.4. The summed E-state index contributed by atoms with van der Waals surface area (Å²) >= 11 is 0. The van der Waals surface area contributed by atoms with E-state index in [1.807, 2.05) is 0 Å². The van der Waals surface area contributed by atoms with Crippen LogP contribution in [-0.2, 0) is 38.7 Å². The second kappa shape index (κ2) is 7.58. The van der Waals surface area contributed by atoms with E-state index in [2.05, 4.69) is 11.3 Å². The first kappa shape index (κ1) is 25.3. The lowest BCUT2D eigenvalue weighted by Crippen LogP contribution is -2.64. The molecule has 1 aliphatic heterocycles. The van der Waals surface area contributed by atoms with Gasteiger partial charge in [0, 0.05) is 17.4 Å². The minimum Gasteiger partial charge on any atom is -0.748 e. The van der Waals surface area contributed by atoms with E-state index >= 15 is 0 Å². The van der Waals surface area contributed by atoms with Crippen molar-refractivity contribution in [3.05, 3.63) is 12.2 Å². The van der Waals surface area contributed by atoms with Crippen molar-refractivity contribution in [3.63, 3.8) is 0 Å². The first-order valence-electron chi connectivity index (χ1n) is 9.17. The molecule has 1 heterocycles. The molecule has 0 aromatic heterocycles. The minimum absolute atomic E-state index is 0.119. The standard InChI is InChI=1S/C17H16F6O9S/c1-5(2)12(24)30-10-7-3-6-8(13(25)31-11(6)10)9(7)14(26)32-15(16(18,19)20,17(21,22)23)4-33(27,28)29/h6-11H,1,3-4H2,2H3,(H,27,28,29)/p-1. The quantitative estimate of drug-likeness (QED) is 0.170. The van der Waals surface area contributed by atoms with Crippen molar-refractivity contribution in [3.8, 4) is 0 Å². The van der Waals surface area contributed by atoms with Crippen LogP contribution in [0.3, 0.4) is 0 Å². The Morgan fingerprint density at radius 3 is 2.15 bits per heavy atom. The fourth-order valence-corrected chi connectivity index (χ4v) is 5.54. The van der Waals surface area contributed by atoms with Crippen molar-refractivity contribution in [2.45, 2.75) is 43.5 Å². The molecular formula is C17H15F6O9S-. The molecule has 0 amide bonds. The van der Waals surface area contributed by atoms with E-state index in [-0.39, 0.29) is 12.0 Å². The van der Waals surface area contributed by atoms with E-state index in [0.29, 0.717) is 0 Å². The van der Waals surface area contributed by atoms with Crippen LogP contribution in [0.25, 0.3) is 0 Å². The summed E-state index contributed by atoms with van der Waals surface area (Å²) in [6, 6.07) is 0. The van der Waals surface area contributed by atoms with Crippen molar-refractivity contribution in [1.29, 1.82) is 0 Å². The maximum atomic E-state index is 13.5. The monoisotopic (exact) mass is 509 g/mol. The molecule has 186 valence electrons. The van der Waals surface area contributed by atoms with Crippen LogP contribution in [0.15, 0.2) is 12.2 Å². The summed E-state index contributed by atoms with van der Waals surface area (Å²) in [5.74, 6) is -13.1. The molecule has 0 aromatic rings. The van der Waals surface area contributed by atoms with E-state index in [1.165, 1.54) is 6.92 Å². The Hall–Kier alpha value is -2.36. The van der Waals surface area contributed by atoms with Crippen molar-refractivity contribution < 1.29 is 67.9 Å². The van der Waals surface area contributed by atoms with Crippen LogP contribution < -0.4 is 0 Å². The van der Waals surface area contributed by atoms with Gasteiger partial charge < -0.3 is 18.8 Å². The molecular weight excluding hydrogens is 494 g/mol. The van der Waals surface area contributed by atoms with Gasteiger partial charge in [-0.3, -0.25) is 9.59 Å². The smallest absolute Gasteiger partial charge is 0.438 e. The van der Waals surface area contributed by atoms with Gasteiger partial charge in [0.25, 0.3) is 0 Å². The topological polar surface area (TPSA) is 136 Å². The van der Waals surface area contributed by atoms with Gasteiger partial charge in [-0.15, -0.1) is 0 Å². The number of fused-ring (bicyclic) bond motifs is 1. The van der Waals surface area contributed by atoms with E-state index < -0.39 is 87.6 Å². The molecule has 16 heteroatoms. The summed E-state index contributed by atoms with van der Waals surface area (Å²) in [7, 11) is -6.22. The molecule has 9 nitrogen and oxygen atoms in total. The van der Waals surface area contributed by atoms with E-state index in [0.717, 1.165) is 0 Å². The minimum atomic E-state index is -6.56. The fourth-order valence-electron chi connectivity index (χ4n) is 4.65. The molecule has 2 bridgehead atoms. The van der Waals surface area contributed by atoms with Crippen LogP contribution in [0.2, 0.25) is 0 Å². The van der Waals surface area contributed by atoms with Crippen LogP contribution in [0.5, 0.6) is 0 Å². The number of ether oxygens (including phenoxy) is 3. The maximum Gasteiger partial charge on any atom is 0.438 e. The second-order valence-electron chi connectivity index (χ2n) is 8.11. The average Bonchev–Trinajstić information content (AvgIpc) is 3.21. The summed E-state index contributed by atoms with van der Waals surface area (Å²) in [5, 5.41) is 0. The Labute approximate surface area is 181 Å². The Kier molecular flexibility index (Phi) is 5.80. The Balaban J connectivity index is 1.99. The molecule has 2 saturated carbocycles. The highest BCUT2D eigenvalue weighted by molar-refractivity contribution is 7.85. The molecule has 2 aliphatic carbocycles. The number of hydrogen-bond acceptors (Lipinski definition) is 9.